The highest BCUT2D eigenvalue weighted by molar-refractivity contribution is 5.96. The summed E-state index contributed by atoms with van der Waals surface area (Å²) in [6.07, 6.45) is 0. The lowest BCUT2D eigenvalue weighted by molar-refractivity contribution is -0.117. The quantitative estimate of drug-likeness (QED) is 0.752. The van der Waals surface area contributed by atoms with E-state index in [-0.39, 0.29) is 5.91 Å². The van der Waals surface area contributed by atoms with Crippen LogP contribution in [0.5, 0.6) is 0 Å². The second-order valence-corrected chi connectivity index (χ2v) is 5.76. The molecule has 0 aromatic heterocycles. The molecule has 1 amide bonds. The normalized spacial score (nSPS) is 12.7. The van der Waals surface area contributed by atoms with E-state index in [4.69, 9.17) is 5.73 Å². The molecule has 3 N–H and O–H groups in total. The third-order valence-electron chi connectivity index (χ3n) is 3.58. The third kappa shape index (κ3) is 5.36. The van der Waals surface area contributed by atoms with Crippen LogP contribution >= 0.6 is 0 Å². The number of benzene rings is 1. The van der Waals surface area contributed by atoms with E-state index < -0.39 is 0 Å². The minimum Gasteiger partial charge on any atom is -0.397 e. The van der Waals surface area contributed by atoms with Gasteiger partial charge in [-0.15, -0.1) is 0 Å². The highest BCUT2D eigenvalue weighted by Crippen LogP contribution is 2.22. The molecule has 0 saturated carbocycles. The Morgan fingerprint density at radius 1 is 1.38 bits per heavy atom. The summed E-state index contributed by atoms with van der Waals surface area (Å²) < 4.78 is 0. The minimum absolute atomic E-state index is 0.0246. The number of para-hydroxylation sites is 1. The fraction of sp³-hybridized carbons (Fsp3) is 0.562. The molecule has 0 radical (unpaired) electrons. The number of nitrogen functional groups attached to an aromatic ring is 1. The van der Waals surface area contributed by atoms with E-state index in [1.165, 1.54) is 0 Å². The number of nitrogens with zero attached hydrogens (tertiary/aromatic N) is 2. The van der Waals surface area contributed by atoms with E-state index in [1.54, 1.807) is 6.07 Å². The van der Waals surface area contributed by atoms with Gasteiger partial charge in [-0.2, -0.15) is 0 Å². The van der Waals surface area contributed by atoms with Crippen LogP contribution in [-0.4, -0.2) is 55.5 Å². The number of nitrogens with one attached hydrogen (secondary N) is 1. The first-order valence-corrected chi connectivity index (χ1v) is 7.38. The maximum Gasteiger partial charge on any atom is 0.238 e. The number of rotatable bonds is 7. The lowest BCUT2D eigenvalue weighted by atomic mass is 10.1. The number of carbonyl (C=O) groups excluding carboxylic acids is 1. The molecule has 0 fully saturated rings. The Morgan fingerprint density at radius 3 is 2.57 bits per heavy atom. The monoisotopic (exact) mass is 292 g/mol. The summed E-state index contributed by atoms with van der Waals surface area (Å²) in [5.74, 6) is -0.0246. The van der Waals surface area contributed by atoms with Gasteiger partial charge in [0.15, 0.2) is 0 Å². The average Bonchev–Trinajstić information content (AvgIpc) is 2.39. The third-order valence-corrected chi connectivity index (χ3v) is 3.58. The van der Waals surface area contributed by atoms with Gasteiger partial charge >= 0.3 is 0 Å². The number of hydrogen-bond acceptors (Lipinski definition) is 4. The first-order chi connectivity index (χ1) is 9.85. The second-order valence-electron chi connectivity index (χ2n) is 5.76. The molecule has 5 heteroatoms. The van der Waals surface area contributed by atoms with Gasteiger partial charge < -0.3 is 16.0 Å². The molecule has 0 aliphatic rings. The molecule has 1 rings (SSSR count). The van der Waals surface area contributed by atoms with Crippen LogP contribution in [0.4, 0.5) is 11.4 Å². The van der Waals surface area contributed by atoms with E-state index in [2.05, 4.69) is 29.0 Å². The van der Waals surface area contributed by atoms with Gasteiger partial charge in [-0.1, -0.05) is 19.1 Å². The molecule has 0 aliphatic heterocycles. The number of nitrogens with two attached hydrogens (primary N) is 1. The molecule has 0 bridgehead atoms. The standard InChI is InChI=1S/C16H28N4O/c1-6-20(13(3)10-19(4)5)11-15(21)18-16-12(2)8-7-9-14(16)17/h7-9,13H,6,10-11,17H2,1-5H3,(H,18,21). The van der Waals surface area contributed by atoms with Crippen molar-refractivity contribution in [1.29, 1.82) is 0 Å². The van der Waals surface area contributed by atoms with Gasteiger partial charge in [-0.25, -0.2) is 0 Å². The van der Waals surface area contributed by atoms with Crippen molar-refractivity contribution < 1.29 is 4.79 Å². The van der Waals surface area contributed by atoms with Crippen LogP contribution < -0.4 is 11.1 Å². The molecule has 0 heterocycles. The van der Waals surface area contributed by atoms with Crippen LogP contribution in [0, 0.1) is 6.92 Å². The molecular weight excluding hydrogens is 264 g/mol. The van der Waals surface area contributed by atoms with Crippen molar-refractivity contribution in [3.05, 3.63) is 23.8 Å². The molecule has 118 valence electrons. The van der Waals surface area contributed by atoms with E-state index in [1.807, 2.05) is 33.2 Å². The fourth-order valence-electron chi connectivity index (χ4n) is 2.45. The Kier molecular flexibility index (Phi) is 6.65. The molecule has 0 saturated heterocycles. The molecular formula is C16H28N4O. The van der Waals surface area contributed by atoms with Crippen molar-refractivity contribution in [2.45, 2.75) is 26.8 Å². The highest BCUT2D eigenvalue weighted by Gasteiger charge is 2.17. The lowest BCUT2D eigenvalue weighted by Crippen LogP contribution is -2.44. The van der Waals surface area contributed by atoms with Crippen LogP contribution in [0.1, 0.15) is 19.4 Å². The summed E-state index contributed by atoms with van der Waals surface area (Å²) in [4.78, 5) is 16.5. The van der Waals surface area contributed by atoms with Gasteiger partial charge in [-0.05, 0) is 46.1 Å². The van der Waals surface area contributed by atoms with Gasteiger partial charge in [-0.3, -0.25) is 9.69 Å². The molecule has 5 nitrogen and oxygen atoms in total. The van der Waals surface area contributed by atoms with Crippen LogP contribution in [0.25, 0.3) is 0 Å². The maximum atomic E-state index is 12.3. The van der Waals surface area contributed by atoms with Gasteiger partial charge in [0, 0.05) is 12.6 Å². The van der Waals surface area contributed by atoms with Crippen molar-refractivity contribution in [1.82, 2.24) is 9.80 Å². The van der Waals surface area contributed by atoms with Crippen LogP contribution in [-0.2, 0) is 4.79 Å². The zero-order chi connectivity index (χ0) is 16.0. The average molecular weight is 292 g/mol. The molecule has 0 aliphatic carbocycles. The van der Waals surface area contributed by atoms with Crippen molar-refractivity contribution in [3.63, 3.8) is 0 Å². The van der Waals surface area contributed by atoms with Gasteiger partial charge in [0.2, 0.25) is 5.91 Å². The predicted octanol–water partition coefficient (Wildman–Crippen LogP) is 1.79. The number of hydrogen-bond donors (Lipinski definition) is 2. The summed E-state index contributed by atoms with van der Waals surface area (Å²) in [6, 6.07) is 5.95. The van der Waals surface area contributed by atoms with E-state index >= 15 is 0 Å². The molecule has 0 spiro atoms. The molecule has 1 atom stereocenters. The number of carbonyl (C=O) groups is 1. The Labute approximate surface area is 128 Å². The Morgan fingerprint density at radius 2 is 2.05 bits per heavy atom. The van der Waals surface area contributed by atoms with Gasteiger partial charge in [0.1, 0.15) is 0 Å². The minimum atomic E-state index is -0.0246. The summed E-state index contributed by atoms with van der Waals surface area (Å²) in [5, 5.41) is 2.93. The number of likely N-dealkylation sites (N-methyl/N-ethyl adjacent to an activating group) is 2. The van der Waals surface area contributed by atoms with Gasteiger partial charge in [0.25, 0.3) is 0 Å². The number of amides is 1. The first-order valence-electron chi connectivity index (χ1n) is 7.38. The lowest BCUT2D eigenvalue weighted by Gasteiger charge is -2.29. The van der Waals surface area contributed by atoms with Crippen LogP contribution in [0.3, 0.4) is 0 Å². The maximum absolute atomic E-state index is 12.3. The Bertz CT molecular complexity index is 453. The Hall–Kier alpha value is -1.59. The summed E-state index contributed by atoms with van der Waals surface area (Å²) in [7, 11) is 4.08. The van der Waals surface area contributed by atoms with Crippen molar-refractivity contribution in [2.75, 3.05) is 44.8 Å². The van der Waals surface area contributed by atoms with Crippen molar-refractivity contribution in [3.8, 4) is 0 Å². The smallest absolute Gasteiger partial charge is 0.238 e. The zero-order valence-corrected chi connectivity index (χ0v) is 13.8. The molecule has 1 unspecified atom stereocenters. The highest BCUT2D eigenvalue weighted by atomic mass is 16.2. The summed E-state index contributed by atoms with van der Waals surface area (Å²) in [6.45, 7) is 8.29. The summed E-state index contributed by atoms with van der Waals surface area (Å²) >= 11 is 0. The predicted molar refractivity (Wildman–Crippen MR) is 89.5 cm³/mol. The van der Waals surface area contributed by atoms with Crippen molar-refractivity contribution in [2.24, 2.45) is 0 Å². The van der Waals surface area contributed by atoms with E-state index in [0.717, 1.165) is 24.3 Å². The number of anilines is 2. The fourth-order valence-corrected chi connectivity index (χ4v) is 2.45. The molecule has 21 heavy (non-hydrogen) atoms. The SMILES string of the molecule is CCN(CC(=O)Nc1c(C)cccc1N)C(C)CN(C)C. The number of aryl methyl sites for hydroxylation is 1. The van der Waals surface area contributed by atoms with E-state index in [9.17, 15) is 4.79 Å². The van der Waals surface area contributed by atoms with Gasteiger partial charge in [0.05, 0.1) is 17.9 Å². The molecule has 1 aromatic rings. The largest absolute Gasteiger partial charge is 0.397 e. The zero-order valence-electron chi connectivity index (χ0n) is 13.8. The molecule has 1 aromatic carbocycles. The van der Waals surface area contributed by atoms with Crippen LogP contribution in [0.15, 0.2) is 18.2 Å². The topological polar surface area (TPSA) is 61.6 Å². The summed E-state index contributed by atoms with van der Waals surface area (Å²) in [5.41, 5.74) is 8.23. The Balaban J connectivity index is 2.67. The second kappa shape index (κ2) is 8.00. The van der Waals surface area contributed by atoms with Crippen molar-refractivity contribution >= 4 is 17.3 Å². The van der Waals surface area contributed by atoms with Crippen LogP contribution in [0.2, 0.25) is 0 Å². The first kappa shape index (κ1) is 17.5. The van der Waals surface area contributed by atoms with E-state index in [0.29, 0.717) is 18.3 Å².